The molecule has 4 rings (SSSR count). The highest BCUT2D eigenvalue weighted by molar-refractivity contribution is 5.97. The first kappa shape index (κ1) is 15.1. The lowest BCUT2D eigenvalue weighted by Crippen LogP contribution is -2.35. The molecule has 0 aliphatic heterocycles. The van der Waals surface area contributed by atoms with Crippen molar-refractivity contribution in [3.05, 3.63) is 35.2 Å². The number of carboxylic acid groups (broad SMARTS) is 1. The van der Waals surface area contributed by atoms with Crippen LogP contribution in [-0.4, -0.2) is 33.0 Å². The molecule has 0 radical (unpaired) electrons. The molecule has 2 aliphatic rings. The third kappa shape index (κ3) is 2.25. The number of aliphatic carboxylic acids is 1. The van der Waals surface area contributed by atoms with E-state index in [1.54, 1.807) is 18.2 Å². The van der Waals surface area contributed by atoms with Crippen LogP contribution in [0.2, 0.25) is 0 Å². The summed E-state index contributed by atoms with van der Waals surface area (Å²) < 4.78 is 0. The number of aryl methyl sites for hydroxylation is 2. The van der Waals surface area contributed by atoms with E-state index in [1.807, 2.05) is 13.8 Å². The molecule has 1 aromatic carbocycles. The molecular weight excluding hydrogens is 306 g/mol. The summed E-state index contributed by atoms with van der Waals surface area (Å²) in [6, 6.07) is 5.22. The number of amides is 1. The molecule has 0 saturated heterocycles. The van der Waals surface area contributed by atoms with Gasteiger partial charge in [-0.25, -0.2) is 9.97 Å². The zero-order valence-electron chi connectivity index (χ0n) is 13.7. The predicted molar refractivity (Wildman–Crippen MR) is 87.7 cm³/mol. The molecule has 2 aromatic rings. The minimum absolute atomic E-state index is 0.0612. The van der Waals surface area contributed by atoms with Gasteiger partial charge in [-0.2, -0.15) is 0 Å². The number of benzene rings is 1. The summed E-state index contributed by atoms with van der Waals surface area (Å²) in [6.07, 6.45) is 2.03. The van der Waals surface area contributed by atoms with Crippen molar-refractivity contribution >= 4 is 22.9 Å². The van der Waals surface area contributed by atoms with Gasteiger partial charge in [-0.1, -0.05) is 0 Å². The molecule has 2 saturated carbocycles. The number of carbonyl (C=O) groups is 2. The quantitative estimate of drug-likeness (QED) is 0.903. The van der Waals surface area contributed by atoms with Crippen LogP contribution in [0.3, 0.4) is 0 Å². The first-order valence-electron chi connectivity index (χ1n) is 8.18. The Labute approximate surface area is 139 Å². The first-order valence-corrected chi connectivity index (χ1v) is 8.18. The van der Waals surface area contributed by atoms with Gasteiger partial charge in [0.2, 0.25) is 0 Å². The summed E-state index contributed by atoms with van der Waals surface area (Å²) in [5.74, 6) is -0.687. The van der Waals surface area contributed by atoms with Crippen molar-refractivity contribution in [2.75, 3.05) is 0 Å². The highest BCUT2D eigenvalue weighted by Gasteiger charge is 2.65. The third-order valence-electron chi connectivity index (χ3n) is 5.51. The van der Waals surface area contributed by atoms with Crippen LogP contribution in [0.1, 0.15) is 41.0 Å². The summed E-state index contributed by atoms with van der Waals surface area (Å²) in [5.41, 5.74) is 3.14. The number of carboxylic acids is 1. The van der Waals surface area contributed by atoms with Crippen LogP contribution >= 0.6 is 0 Å². The summed E-state index contributed by atoms with van der Waals surface area (Å²) in [7, 11) is 0. The summed E-state index contributed by atoms with van der Waals surface area (Å²) in [4.78, 5) is 32.8. The van der Waals surface area contributed by atoms with E-state index >= 15 is 0 Å². The Morgan fingerprint density at radius 1 is 1.17 bits per heavy atom. The Morgan fingerprint density at radius 2 is 1.88 bits per heavy atom. The normalized spacial score (nSPS) is 27.8. The Morgan fingerprint density at radius 3 is 2.54 bits per heavy atom. The summed E-state index contributed by atoms with van der Waals surface area (Å²) >= 11 is 0. The Kier molecular flexibility index (Phi) is 3.13. The molecule has 6 nitrogen and oxygen atoms in total. The van der Waals surface area contributed by atoms with Gasteiger partial charge < -0.3 is 10.4 Å². The number of nitrogens with one attached hydrogen (secondary N) is 1. The van der Waals surface area contributed by atoms with Gasteiger partial charge in [0.15, 0.2) is 0 Å². The fourth-order valence-electron chi connectivity index (χ4n) is 3.91. The van der Waals surface area contributed by atoms with Gasteiger partial charge in [-0.05, 0) is 57.2 Å². The molecule has 3 atom stereocenters. The molecule has 2 aliphatic carbocycles. The monoisotopic (exact) mass is 325 g/mol. The molecule has 2 fully saturated rings. The van der Waals surface area contributed by atoms with Gasteiger partial charge in [0.05, 0.1) is 27.8 Å². The van der Waals surface area contributed by atoms with E-state index in [0.29, 0.717) is 17.5 Å². The van der Waals surface area contributed by atoms with Crippen molar-refractivity contribution < 1.29 is 14.7 Å². The van der Waals surface area contributed by atoms with Gasteiger partial charge in [0, 0.05) is 11.6 Å². The van der Waals surface area contributed by atoms with Crippen molar-refractivity contribution in [1.29, 1.82) is 0 Å². The third-order valence-corrected chi connectivity index (χ3v) is 5.51. The number of fused-ring (bicyclic) bond motifs is 2. The molecule has 6 heteroatoms. The van der Waals surface area contributed by atoms with E-state index in [0.717, 1.165) is 29.7 Å². The van der Waals surface area contributed by atoms with Gasteiger partial charge in [0.1, 0.15) is 0 Å². The summed E-state index contributed by atoms with van der Waals surface area (Å²) in [6.45, 7) is 3.80. The van der Waals surface area contributed by atoms with E-state index in [1.165, 1.54) is 0 Å². The Bertz CT molecular complexity index is 879. The topological polar surface area (TPSA) is 92.2 Å². The van der Waals surface area contributed by atoms with Crippen molar-refractivity contribution in [3.63, 3.8) is 0 Å². The van der Waals surface area contributed by atoms with Crippen LogP contribution in [0, 0.1) is 25.2 Å². The van der Waals surface area contributed by atoms with Crippen LogP contribution in [0.25, 0.3) is 11.0 Å². The van der Waals surface area contributed by atoms with Crippen LogP contribution < -0.4 is 5.32 Å². The van der Waals surface area contributed by atoms with Gasteiger partial charge in [-0.15, -0.1) is 0 Å². The maximum Gasteiger partial charge on any atom is 0.310 e. The number of hydrogen-bond donors (Lipinski definition) is 2. The zero-order valence-corrected chi connectivity index (χ0v) is 13.7. The first-order chi connectivity index (χ1) is 11.4. The van der Waals surface area contributed by atoms with Gasteiger partial charge in [-0.3, -0.25) is 9.59 Å². The number of aromatic nitrogens is 2. The van der Waals surface area contributed by atoms with Crippen molar-refractivity contribution in [3.8, 4) is 0 Å². The SMILES string of the molecule is Cc1nc2ccc(C(=O)N[C@@H]3C[C@H]4C[C@@]4(C(=O)O)C3)cc2nc1C. The fraction of sp³-hybridized carbons (Fsp3) is 0.444. The highest BCUT2D eigenvalue weighted by Crippen LogP contribution is 2.63. The molecule has 124 valence electrons. The zero-order chi connectivity index (χ0) is 17.1. The van der Waals surface area contributed by atoms with Crippen molar-refractivity contribution in [2.24, 2.45) is 11.3 Å². The van der Waals surface area contributed by atoms with Gasteiger partial charge >= 0.3 is 5.97 Å². The number of hydrogen-bond acceptors (Lipinski definition) is 4. The molecular formula is C18H19N3O3. The number of carbonyl (C=O) groups excluding carboxylic acids is 1. The molecule has 2 N–H and O–H groups in total. The molecule has 1 aromatic heterocycles. The Hall–Kier alpha value is -2.50. The van der Waals surface area contributed by atoms with Crippen molar-refractivity contribution in [1.82, 2.24) is 15.3 Å². The summed E-state index contributed by atoms with van der Waals surface area (Å²) in [5, 5.41) is 12.3. The second-order valence-corrected chi connectivity index (χ2v) is 7.07. The minimum Gasteiger partial charge on any atom is -0.481 e. The van der Waals surface area contributed by atoms with Crippen LogP contribution in [-0.2, 0) is 4.79 Å². The van der Waals surface area contributed by atoms with Crippen LogP contribution in [0.5, 0.6) is 0 Å². The van der Waals surface area contributed by atoms with E-state index in [9.17, 15) is 14.7 Å². The average Bonchev–Trinajstić information content (AvgIpc) is 3.11. The molecule has 1 amide bonds. The van der Waals surface area contributed by atoms with Crippen LogP contribution in [0.4, 0.5) is 0 Å². The van der Waals surface area contributed by atoms with Crippen LogP contribution in [0.15, 0.2) is 18.2 Å². The molecule has 0 spiro atoms. The smallest absolute Gasteiger partial charge is 0.310 e. The lowest BCUT2D eigenvalue weighted by Gasteiger charge is -2.16. The average molecular weight is 325 g/mol. The molecule has 0 unspecified atom stereocenters. The molecule has 0 bridgehead atoms. The lowest BCUT2D eigenvalue weighted by atomic mass is 10.0. The maximum atomic E-state index is 12.5. The predicted octanol–water partition coefficient (Wildman–Crippen LogP) is 2.23. The second-order valence-electron chi connectivity index (χ2n) is 7.07. The fourth-order valence-corrected chi connectivity index (χ4v) is 3.91. The molecule has 24 heavy (non-hydrogen) atoms. The van der Waals surface area contributed by atoms with E-state index in [2.05, 4.69) is 15.3 Å². The lowest BCUT2D eigenvalue weighted by molar-refractivity contribution is -0.143. The standard InChI is InChI=1S/C18H19N3O3/c1-9-10(2)20-15-5-11(3-4-14(15)19-9)16(22)21-13-6-12-7-18(12,8-13)17(23)24/h3-5,12-13H,6-8H2,1-2H3,(H,21,22)(H,23,24)/t12-,13+,18+/m0/s1. The Balaban J connectivity index is 1.52. The molecule has 1 heterocycles. The van der Waals surface area contributed by atoms with E-state index < -0.39 is 11.4 Å². The highest BCUT2D eigenvalue weighted by atomic mass is 16.4. The number of nitrogens with zero attached hydrogens (tertiary/aromatic N) is 2. The largest absolute Gasteiger partial charge is 0.481 e. The number of rotatable bonds is 3. The second kappa shape index (κ2) is 5.00. The maximum absolute atomic E-state index is 12.5. The van der Waals surface area contributed by atoms with Gasteiger partial charge in [0.25, 0.3) is 5.91 Å². The minimum atomic E-state index is -0.726. The van der Waals surface area contributed by atoms with E-state index in [-0.39, 0.29) is 17.9 Å². The van der Waals surface area contributed by atoms with Crippen molar-refractivity contribution in [2.45, 2.75) is 39.2 Å². The van der Waals surface area contributed by atoms with E-state index in [4.69, 9.17) is 0 Å².